The molecule has 7 heteroatoms. The summed E-state index contributed by atoms with van der Waals surface area (Å²) < 4.78 is 5.30. The van der Waals surface area contributed by atoms with E-state index in [9.17, 15) is 14.4 Å². The number of hydrazone groups is 1. The first-order valence-corrected chi connectivity index (χ1v) is 6.99. The van der Waals surface area contributed by atoms with Crippen molar-refractivity contribution in [1.82, 2.24) is 10.7 Å². The van der Waals surface area contributed by atoms with Crippen LogP contribution in [0.2, 0.25) is 0 Å². The Morgan fingerprint density at radius 3 is 2.33 bits per heavy atom. The molecule has 0 radical (unpaired) electrons. The summed E-state index contributed by atoms with van der Waals surface area (Å²) in [6, 6.07) is -0.753. The lowest BCUT2D eigenvalue weighted by Crippen LogP contribution is -2.50. The number of nitrogens with zero attached hydrogens (tertiary/aromatic N) is 1. The first-order chi connectivity index (χ1) is 9.60. The lowest BCUT2D eigenvalue weighted by Gasteiger charge is -2.26. The Kier molecular flexibility index (Phi) is 5.46. The predicted molar refractivity (Wildman–Crippen MR) is 77.4 cm³/mol. The van der Waals surface area contributed by atoms with Crippen molar-refractivity contribution < 1.29 is 19.1 Å². The van der Waals surface area contributed by atoms with Crippen LogP contribution in [0.25, 0.3) is 0 Å². The number of carbonyl (C=O) groups is 3. The van der Waals surface area contributed by atoms with E-state index in [4.69, 9.17) is 4.74 Å². The van der Waals surface area contributed by atoms with Crippen LogP contribution in [0.15, 0.2) is 5.10 Å². The van der Waals surface area contributed by atoms with E-state index in [0.717, 1.165) is 0 Å². The van der Waals surface area contributed by atoms with Crippen LogP contribution in [0.1, 0.15) is 47.5 Å². The number of ether oxygens (including phenoxy) is 1. The number of nitrogens with one attached hydrogen (secondary N) is 2. The average Bonchev–Trinajstić information content (AvgIpc) is 2.33. The molecule has 0 unspecified atom stereocenters. The summed E-state index contributed by atoms with van der Waals surface area (Å²) in [5, 5.41) is 6.34. The van der Waals surface area contributed by atoms with Gasteiger partial charge in [-0.15, -0.1) is 0 Å². The average molecular weight is 297 g/mol. The van der Waals surface area contributed by atoms with E-state index in [1.807, 2.05) is 13.8 Å². The van der Waals surface area contributed by atoms with Crippen LogP contribution in [-0.4, -0.2) is 35.1 Å². The molecule has 118 valence electrons. The lowest BCUT2D eigenvalue weighted by atomic mass is 10.0. The van der Waals surface area contributed by atoms with Crippen molar-refractivity contribution in [2.75, 3.05) is 0 Å². The maximum Gasteiger partial charge on any atom is 0.329 e. The minimum atomic E-state index is -0.753. The Balaban J connectivity index is 2.72. The van der Waals surface area contributed by atoms with Crippen LogP contribution in [0, 0.1) is 5.92 Å². The van der Waals surface area contributed by atoms with Crippen molar-refractivity contribution in [2.45, 2.75) is 59.1 Å². The molecule has 0 bridgehead atoms. The molecule has 2 N–H and O–H groups in total. The summed E-state index contributed by atoms with van der Waals surface area (Å²) in [5.74, 6) is -1.28. The van der Waals surface area contributed by atoms with Gasteiger partial charge in [-0.1, -0.05) is 13.8 Å². The van der Waals surface area contributed by atoms with Crippen LogP contribution in [0.4, 0.5) is 0 Å². The van der Waals surface area contributed by atoms with Gasteiger partial charge in [0.1, 0.15) is 17.4 Å². The first-order valence-electron chi connectivity index (χ1n) is 6.99. The van der Waals surface area contributed by atoms with E-state index < -0.39 is 23.5 Å². The molecule has 1 atom stereocenters. The molecule has 7 nitrogen and oxygen atoms in total. The second-order valence-electron chi connectivity index (χ2n) is 6.32. The zero-order valence-electron chi connectivity index (χ0n) is 13.1. The largest absolute Gasteiger partial charge is 0.458 e. The fourth-order valence-electron chi connectivity index (χ4n) is 1.73. The van der Waals surface area contributed by atoms with Crippen molar-refractivity contribution in [3.8, 4) is 0 Å². The fourth-order valence-corrected chi connectivity index (χ4v) is 1.73. The quantitative estimate of drug-likeness (QED) is 0.748. The molecule has 0 saturated heterocycles. The predicted octanol–water partition coefficient (Wildman–Crippen LogP) is 0.735. The highest BCUT2D eigenvalue weighted by molar-refractivity contribution is 6.39. The van der Waals surface area contributed by atoms with Gasteiger partial charge in [0.25, 0.3) is 5.91 Å². The summed E-state index contributed by atoms with van der Waals surface area (Å²) in [6.07, 6.45) is 0.474. The van der Waals surface area contributed by atoms with E-state index >= 15 is 0 Å². The molecule has 1 aliphatic heterocycles. The van der Waals surface area contributed by atoms with Gasteiger partial charge in [0, 0.05) is 12.8 Å². The Hall–Kier alpha value is -1.92. The molecule has 0 saturated carbocycles. The van der Waals surface area contributed by atoms with Crippen LogP contribution < -0.4 is 10.7 Å². The molecule has 0 aromatic heterocycles. The monoisotopic (exact) mass is 297 g/mol. The zero-order chi connectivity index (χ0) is 16.2. The van der Waals surface area contributed by atoms with E-state index in [1.54, 1.807) is 20.8 Å². The minimum Gasteiger partial charge on any atom is -0.458 e. The number of amides is 2. The second-order valence-corrected chi connectivity index (χ2v) is 6.32. The molecule has 1 aliphatic rings. The Morgan fingerprint density at radius 1 is 1.29 bits per heavy atom. The smallest absolute Gasteiger partial charge is 0.329 e. The third-order valence-electron chi connectivity index (χ3n) is 2.78. The molecule has 0 aromatic carbocycles. The van der Waals surface area contributed by atoms with Gasteiger partial charge in [-0.05, 0) is 26.7 Å². The number of rotatable bonds is 4. The molecule has 0 spiro atoms. The van der Waals surface area contributed by atoms with Gasteiger partial charge in [0.2, 0.25) is 5.91 Å². The third kappa shape index (κ3) is 5.53. The van der Waals surface area contributed by atoms with Gasteiger partial charge < -0.3 is 10.1 Å². The van der Waals surface area contributed by atoms with Crippen molar-refractivity contribution in [1.29, 1.82) is 0 Å². The number of esters is 1. The molecule has 0 aliphatic carbocycles. The van der Waals surface area contributed by atoms with Gasteiger partial charge in [0.05, 0.1) is 0 Å². The number of hydrogen-bond donors (Lipinski definition) is 2. The van der Waals surface area contributed by atoms with Crippen LogP contribution in [0.3, 0.4) is 0 Å². The second kappa shape index (κ2) is 6.69. The van der Waals surface area contributed by atoms with E-state index in [1.165, 1.54) is 0 Å². The van der Waals surface area contributed by atoms with Crippen molar-refractivity contribution >= 4 is 23.5 Å². The first kappa shape index (κ1) is 17.1. The van der Waals surface area contributed by atoms with Gasteiger partial charge in [-0.25, -0.2) is 10.2 Å². The summed E-state index contributed by atoms with van der Waals surface area (Å²) in [6.45, 7) is 8.94. The summed E-state index contributed by atoms with van der Waals surface area (Å²) in [4.78, 5) is 35.2. The van der Waals surface area contributed by atoms with Gasteiger partial charge >= 0.3 is 5.97 Å². The number of carbonyl (C=O) groups excluding carboxylic acids is 3. The Morgan fingerprint density at radius 2 is 1.90 bits per heavy atom. The minimum absolute atomic E-state index is 0.123. The molecule has 1 heterocycles. The molecule has 0 aromatic rings. The third-order valence-corrected chi connectivity index (χ3v) is 2.78. The highest BCUT2D eigenvalue weighted by Crippen LogP contribution is 2.12. The van der Waals surface area contributed by atoms with Gasteiger partial charge in [-0.3, -0.25) is 9.59 Å². The molecular formula is C14H23N3O4. The van der Waals surface area contributed by atoms with Crippen molar-refractivity contribution in [2.24, 2.45) is 11.0 Å². The SMILES string of the molecule is CC(C)[C@@H](NC(=O)C1=NNC(=O)CC1)C(=O)OC(C)(C)C. The van der Waals surface area contributed by atoms with Gasteiger partial charge in [0.15, 0.2) is 0 Å². The standard InChI is InChI=1S/C14H23N3O4/c1-8(2)11(13(20)21-14(3,4)5)15-12(19)9-6-7-10(18)17-16-9/h8,11H,6-7H2,1-5H3,(H,15,19)(H,17,18)/t11-/m1/s1. The van der Waals surface area contributed by atoms with Crippen LogP contribution in [-0.2, 0) is 19.1 Å². The molecular weight excluding hydrogens is 274 g/mol. The van der Waals surface area contributed by atoms with E-state index in [2.05, 4.69) is 15.8 Å². The Bertz CT molecular complexity index is 463. The molecule has 21 heavy (non-hydrogen) atoms. The fraction of sp³-hybridized carbons (Fsp3) is 0.714. The topological polar surface area (TPSA) is 96.9 Å². The Labute approximate surface area is 124 Å². The molecule has 1 rings (SSSR count). The van der Waals surface area contributed by atoms with Crippen molar-refractivity contribution in [3.05, 3.63) is 0 Å². The van der Waals surface area contributed by atoms with Gasteiger partial charge in [-0.2, -0.15) is 5.10 Å². The summed E-state index contributed by atoms with van der Waals surface area (Å²) in [5.41, 5.74) is 1.85. The van der Waals surface area contributed by atoms with Crippen molar-refractivity contribution in [3.63, 3.8) is 0 Å². The highest BCUT2D eigenvalue weighted by atomic mass is 16.6. The van der Waals surface area contributed by atoms with E-state index in [-0.39, 0.29) is 30.4 Å². The molecule has 0 fully saturated rings. The highest BCUT2D eigenvalue weighted by Gasteiger charge is 2.30. The lowest BCUT2D eigenvalue weighted by molar-refractivity contribution is -0.159. The summed E-state index contributed by atoms with van der Waals surface area (Å²) >= 11 is 0. The molecule has 2 amide bonds. The van der Waals surface area contributed by atoms with Crippen LogP contribution in [0.5, 0.6) is 0 Å². The van der Waals surface area contributed by atoms with E-state index in [0.29, 0.717) is 0 Å². The summed E-state index contributed by atoms with van der Waals surface area (Å²) in [7, 11) is 0. The maximum absolute atomic E-state index is 12.1. The number of hydrogen-bond acceptors (Lipinski definition) is 5. The van der Waals surface area contributed by atoms with Crippen LogP contribution >= 0.6 is 0 Å². The normalized spacial score (nSPS) is 16.9. The maximum atomic E-state index is 12.1. The zero-order valence-corrected chi connectivity index (χ0v) is 13.1.